The molecule has 0 spiro atoms. The SMILES string of the molecule is CC(C)N1CC(=O)N2[C@H](c3cccc(Cl)c3)c3[nH]c4ccccc4c3C[C@H]2C1=O. The van der Waals surface area contributed by atoms with Gasteiger partial charge in [0.2, 0.25) is 11.8 Å². The van der Waals surface area contributed by atoms with Gasteiger partial charge in [-0.2, -0.15) is 0 Å². The highest BCUT2D eigenvalue weighted by atomic mass is 35.5. The number of benzene rings is 2. The van der Waals surface area contributed by atoms with Gasteiger partial charge in [0.1, 0.15) is 12.6 Å². The number of nitrogens with zero attached hydrogens (tertiary/aromatic N) is 2. The molecule has 29 heavy (non-hydrogen) atoms. The molecule has 2 atom stereocenters. The van der Waals surface area contributed by atoms with Gasteiger partial charge < -0.3 is 14.8 Å². The molecule has 2 aliphatic heterocycles. The zero-order valence-electron chi connectivity index (χ0n) is 16.4. The standard InChI is InChI=1S/C23H22ClN3O2/c1-13(2)26-12-20(28)27-19(23(26)29)11-17-16-8-3-4-9-18(16)25-21(17)22(27)14-6-5-7-15(24)10-14/h3-10,13,19,22,25H,11-12H2,1-2H3/t19-,22+/m0/s1. The number of carbonyl (C=O) groups is 2. The van der Waals surface area contributed by atoms with E-state index in [0.29, 0.717) is 11.4 Å². The van der Waals surface area contributed by atoms with Crippen LogP contribution in [0.1, 0.15) is 36.7 Å². The second-order valence-electron chi connectivity index (χ2n) is 8.10. The minimum atomic E-state index is -0.505. The highest BCUT2D eigenvalue weighted by Crippen LogP contribution is 2.43. The van der Waals surface area contributed by atoms with Gasteiger partial charge in [-0.15, -0.1) is 0 Å². The van der Waals surface area contributed by atoms with Crippen molar-refractivity contribution in [3.8, 4) is 0 Å². The molecule has 2 aromatic carbocycles. The van der Waals surface area contributed by atoms with E-state index in [1.54, 1.807) is 9.80 Å². The van der Waals surface area contributed by atoms with E-state index in [2.05, 4.69) is 11.1 Å². The van der Waals surface area contributed by atoms with Gasteiger partial charge in [-0.25, -0.2) is 0 Å². The van der Waals surface area contributed by atoms with Crippen molar-refractivity contribution in [3.05, 3.63) is 70.4 Å². The van der Waals surface area contributed by atoms with Crippen LogP contribution in [-0.4, -0.2) is 45.2 Å². The molecule has 1 aromatic heterocycles. The van der Waals surface area contributed by atoms with Crippen molar-refractivity contribution >= 4 is 34.3 Å². The number of aromatic amines is 1. The van der Waals surface area contributed by atoms with Gasteiger partial charge in [0.15, 0.2) is 0 Å². The molecule has 0 aliphatic carbocycles. The van der Waals surface area contributed by atoms with Gasteiger partial charge in [0.05, 0.1) is 6.04 Å². The first-order valence-electron chi connectivity index (χ1n) is 9.92. The Morgan fingerprint density at radius 2 is 1.90 bits per heavy atom. The quantitative estimate of drug-likeness (QED) is 0.700. The van der Waals surface area contributed by atoms with E-state index in [1.807, 2.05) is 56.3 Å². The summed E-state index contributed by atoms with van der Waals surface area (Å²) in [4.78, 5) is 33.6. The van der Waals surface area contributed by atoms with Crippen molar-refractivity contribution in [1.29, 1.82) is 0 Å². The maximum absolute atomic E-state index is 13.4. The van der Waals surface area contributed by atoms with Crippen LogP contribution in [0.2, 0.25) is 5.02 Å². The Morgan fingerprint density at radius 3 is 2.66 bits per heavy atom. The van der Waals surface area contributed by atoms with Gasteiger partial charge in [-0.1, -0.05) is 41.9 Å². The number of fused-ring (bicyclic) bond motifs is 4. The number of nitrogens with one attached hydrogen (secondary N) is 1. The topological polar surface area (TPSA) is 56.4 Å². The van der Waals surface area contributed by atoms with Crippen LogP contribution in [0.3, 0.4) is 0 Å². The molecule has 1 saturated heterocycles. The lowest BCUT2D eigenvalue weighted by Crippen LogP contribution is -2.64. The van der Waals surface area contributed by atoms with Crippen LogP contribution in [0.4, 0.5) is 0 Å². The first-order chi connectivity index (χ1) is 14.0. The molecule has 1 fully saturated rings. The number of hydrogen-bond donors (Lipinski definition) is 1. The molecule has 6 heteroatoms. The van der Waals surface area contributed by atoms with Crippen LogP contribution in [0.15, 0.2) is 48.5 Å². The Bertz CT molecular complexity index is 1140. The third kappa shape index (κ3) is 2.76. The fraction of sp³-hybridized carbons (Fsp3) is 0.304. The number of para-hydroxylation sites is 1. The molecule has 148 valence electrons. The first-order valence-corrected chi connectivity index (χ1v) is 10.3. The average molecular weight is 408 g/mol. The summed E-state index contributed by atoms with van der Waals surface area (Å²) in [6, 6.07) is 14.8. The van der Waals surface area contributed by atoms with Crippen LogP contribution < -0.4 is 0 Å². The third-order valence-corrected chi connectivity index (χ3v) is 6.32. The Hall–Kier alpha value is -2.79. The number of aromatic nitrogens is 1. The van der Waals surface area contributed by atoms with Gasteiger partial charge in [-0.05, 0) is 43.2 Å². The van der Waals surface area contributed by atoms with Crippen molar-refractivity contribution in [2.45, 2.75) is 38.4 Å². The minimum absolute atomic E-state index is 0.0115. The molecule has 3 heterocycles. The van der Waals surface area contributed by atoms with Crippen molar-refractivity contribution in [3.63, 3.8) is 0 Å². The molecule has 2 aliphatic rings. The number of carbonyl (C=O) groups excluding carboxylic acids is 2. The molecule has 2 amide bonds. The Balaban J connectivity index is 1.74. The zero-order chi connectivity index (χ0) is 20.3. The van der Waals surface area contributed by atoms with Gasteiger partial charge >= 0.3 is 0 Å². The summed E-state index contributed by atoms with van der Waals surface area (Å²) in [6.07, 6.45) is 0.518. The molecule has 0 bridgehead atoms. The van der Waals surface area contributed by atoms with E-state index < -0.39 is 6.04 Å². The zero-order valence-corrected chi connectivity index (χ0v) is 17.1. The van der Waals surface area contributed by atoms with E-state index in [-0.39, 0.29) is 30.4 Å². The van der Waals surface area contributed by atoms with Crippen molar-refractivity contribution in [2.75, 3.05) is 6.54 Å². The minimum Gasteiger partial charge on any atom is -0.356 e. The van der Waals surface area contributed by atoms with E-state index in [9.17, 15) is 9.59 Å². The van der Waals surface area contributed by atoms with Gasteiger partial charge in [-0.3, -0.25) is 9.59 Å². The number of amides is 2. The maximum atomic E-state index is 13.4. The molecule has 3 aromatic rings. The van der Waals surface area contributed by atoms with E-state index in [1.165, 1.54) is 0 Å². The molecule has 0 radical (unpaired) electrons. The smallest absolute Gasteiger partial charge is 0.246 e. The summed E-state index contributed by atoms with van der Waals surface area (Å²) in [5.41, 5.74) is 4.02. The Kier molecular flexibility index (Phi) is 4.17. The fourth-order valence-corrected chi connectivity index (χ4v) is 4.95. The number of piperazine rings is 1. The summed E-state index contributed by atoms with van der Waals surface area (Å²) in [6.45, 7) is 4.02. The van der Waals surface area contributed by atoms with E-state index in [4.69, 9.17) is 11.6 Å². The lowest BCUT2D eigenvalue weighted by Gasteiger charge is -2.48. The number of halogens is 1. The summed E-state index contributed by atoms with van der Waals surface area (Å²) in [7, 11) is 0. The lowest BCUT2D eigenvalue weighted by atomic mass is 9.86. The summed E-state index contributed by atoms with van der Waals surface area (Å²) in [5, 5.41) is 1.72. The second kappa shape index (κ2) is 6.63. The molecule has 0 unspecified atom stereocenters. The number of hydrogen-bond acceptors (Lipinski definition) is 2. The maximum Gasteiger partial charge on any atom is 0.246 e. The molecular formula is C23H22ClN3O2. The molecule has 1 N–H and O–H groups in total. The van der Waals surface area contributed by atoms with Crippen molar-refractivity contribution in [2.24, 2.45) is 0 Å². The van der Waals surface area contributed by atoms with Crippen LogP contribution in [-0.2, 0) is 16.0 Å². The Morgan fingerprint density at radius 1 is 1.10 bits per heavy atom. The Labute approximate surface area is 174 Å². The summed E-state index contributed by atoms with van der Waals surface area (Å²) >= 11 is 6.29. The van der Waals surface area contributed by atoms with Crippen LogP contribution in [0.5, 0.6) is 0 Å². The summed E-state index contributed by atoms with van der Waals surface area (Å²) in [5.74, 6) is -0.0138. The average Bonchev–Trinajstić information content (AvgIpc) is 3.07. The van der Waals surface area contributed by atoms with Crippen LogP contribution >= 0.6 is 11.6 Å². The van der Waals surface area contributed by atoms with Crippen LogP contribution in [0.25, 0.3) is 10.9 Å². The lowest BCUT2D eigenvalue weighted by molar-refractivity contribution is -0.160. The van der Waals surface area contributed by atoms with Crippen LogP contribution in [0, 0.1) is 0 Å². The molecular weight excluding hydrogens is 386 g/mol. The molecule has 5 nitrogen and oxygen atoms in total. The molecule has 5 rings (SSSR count). The summed E-state index contributed by atoms with van der Waals surface area (Å²) < 4.78 is 0. The number of rotatable bonds is 2. The molecule has 0 saturated carbocycles. The largest absolute Gasteiger partial charge is 0.356 e. The highest BCUT2D eigenvalue weighted by Gasteiger charge is 2.48. The fourth-order valence-electron chi connectivity index (χ4n) is 4.75. The van der Waals surface area contributed by atoms with Crippen molar-refractivity contribution < 1.29 is 9.59 Å². The predicted molar refractivity (Wildman–Crippen MR) is 113 cm³/mol. The van der Waals surface area contributed by atoms with Gasteiger partial charge in [0.25, 0.3) is 0 Å². The monoisotopic (exact) mass is 407 g/mol. The van der Waals surface area contributed by atoms with Crippen molar-refractivity contribution in [1.82, 2.24) is 14.8 Å². The first kappa shape index (κ1) is 18.3. The van der Waals surface area contributed by atoms with Gasteiger partial charge in [0, 0.05) is 34.1 Å². The number of H-pyrrole nitrogens is 1. The third-order valence-electron chi connectivity index (χ3n) is 6.08. The highest BCUT2D eigenvalue weighted by molar-refractivity contribution is 6.30. The van der Waals surface area contributed by atoms with E-state index in [0.717, 1.165) is 27.7 Å². The normalized spacial score (nSPS) is 21.7. The predicted octanol–water partition coefficient (Wildman–Crippen LogP) is 3.91. The van der Waals surface area contributed by atoms with E-state index >= 15 is 0 Å². The second-order valence-corrected chi connectivity index (χ2v) is 8.54.